The molecule has 0 bridgehead atoms. The molecule has 0 unspecified atom stereocenters. The molecule has 0 aliphatic rings. The number of carbonyl (C=O) groups excluding carboxylic acids is 1. The van der Waals surface area contributed by atoms with Crippen molar-refractivity contribution in [2.75, 3.05) is 19.0 Å². The van der Waals surface area contributed by atoms with Crippen LogP contribution in [0.25, 0.3) is 0 Å². The van der Waals surface area contributed by atoms with E-state index in [0.717, 1.165) is 22.8 Å². The molecule has 1 atom stereocenters. The van der Waals surface area contributed by atoms with Gasteiger partial charge in [-0.2, -0.15) is 11.3 Å². The Morgan fingerprint density at radius 2 is 1.96 bits per heavy atom. The summed E-state index contributed by atoms with van der Waals surface area (Å²) in [6, 6.07) is 9.61. The Hall–Kier alpha value is -2.18. The number of hydrogen-bond donors (Lipinski definition) is 1. The van der Waals surface area contributed by atoms with E-state index in [2.05, 4.69) is 27.1 Å². The quantitative estimate of drug-likeness (QED) is 0.703. The predicted octanol–water partition coefficient (Wildman–Crippen LogP) is 4.29. The molecule has 2 aromatic heterocycles. The Bertz CT molecular complexity index is 823. The molecular weight excluding hydrogens is 350 g/mol. The van der Waals surface area contributed by atoms with Crippen molar-refractivity contribution in [3.8, 4) is 0 Å². The fraction of sp³-hybridized carbons (Fsp3) is 0.263. The molecule has 25 heavy (non-hydrogen) atoms. The topological polar surface area (TPSA) is 45.2 Å². The minimum Gasteiger partial charge on any atom is -0.378 e. The first-order valence-electron chi connectivity index (χ1n) is 8.04. The van der Waals surface area contributed by atoms with Crippen LogP contribution in [-0.2, 0) is 6.42 Å². The van der Waals surface area contributed by atoms with Crippen LogP contribution in [-0.4, -0.2) is 25.0 Å². The van der Waals surface area contributed by atoms with Crippen molar-refractivity contribution < 1.29 is 4.79 Å². The molecule has 2 heterocycles. The lowest BCUT2D eigenvalue weighted by Crippen LogP contribution is -2.30. The van der Waals surface area contributed by atoms with Crippen molar-refractivity contribution in [1.29, 1.82) is 0 Å². The van der Waals surface area contributed by atoms with Gasteiger partial charge in [0.1, 0.15) is 5.01 Å². The SMILES string of the molecule is Cc1csc([C@@H](Cc2ccsc2)NC(=O)c2ccc(N(C)C)cc2)n1. The molecule has 3 rings (SSSR count). The van der Waals surface area contributed by atoms with Crippen molar-refractivity contribution >= 4 is 34.3 Å². The van der Waals surface area contributed by atoms with E-state index in [4.69, 9.17) is 0 Å². The molecule has 1 N–H and O–H groups in total. The molecule has 0 saturated carbocycles. The van der Waals surface area contributed by atoms with Gasteiger partial charge in [-0.15, -0.1) is 11.3 Å². The first kappa shape index (κ1) is 17.6. The molecule has 1 aromatic carbocycles. The third kappa shape index (κ3) is 4.46. The Balaban J connectivity index is 1.78. The summed E-state index contributed by atoms with van der Waals surface area (Å²) in [4.78, 5) is 19.3. The van der Waals surface area contributed by atoms with Crippen LogP contribution >= 0.6 is 22.7 Å². The Morgan fingerprint density at radius 1 is 1.20 bits per heavy atom. The maximum Gasteiger partial charge on any atom is 0.251 e. The Morgan fingerprint density at radius 3 is 2.52 bits per heavy atom. The number of benzene rings is 1. The van der Waals surface area contributed by atoms with E-state index in [0.29, 0.717) is 5.56 Å². The van der Waals surface area contributed by atoms with Gasteiger partial charge in [-0.05, 0) is 53.6 Å². The zero-order valence-electron chi connectivity index (χ0n) is 14.5. The standard InChI is InChI=1S/C19H21N3OS2/c1-13-11-25-19(20-13)17(10-14-8-9-24-12-14)21-18(23)15-4-6-16(7-5-15)22(2)3/h4-9,11-12,17H,10H2,1-3H3,(H,21,23)/t17-/m1/s1. The lowest BCUT2D eigenvalue weighted by molar-refractivity contribution is 0.0936. The summed E-state index contributed by atoms with van der Waals surface area (Å²) in [5.41, 5.74) is 3.93. The monoisotopic (exact) mass is 371 g/mol. The highest BCUT2D eigenvalue weighted by Gasteiger charge is 2.19. The van der Waals surface area contributed by atoms with Gasteiger partial charge < -0.3 is 10.2 Å². The van der Waals surface area contributed by atoms with Gasteiger partial charge in [0.25, 0.3) is 5.91 Å². The summed E-state index contributed by atoms with van der Waals surface area (Å²) in [6.45, 7) is 1.98. The molecule has 0 aliphatic heterocycles. The van der Waals surface area contributed by atoms with Crippen LogP contribution in [0.2, 0.25) is 0 Å². The number of carbonyl (C=O) groups is 1. The maximum absolute atomic E-state index is 12.7. The van der Waals surface area contributed by atoms with E-state index < -0.39 is 0 Å². The normalized spacial score (nSPS) is 12.0. The van der Waals surface area contributed by atoms with Crippen molar-refractivity contribution in [1.82, 2.24) is 10.3 Å². The number of anilines is 1. The molecule has 3 aromatic rings. The minimum absolute atomic E-state index is 0.0709. The van der Waals surface area contributed by atoms with E-state index >= 15 is 0 Å². The highest BCUT2D eigenvalue weighted by Crippen LogP contribution is 2.24. The van der Waals surface area contributed by atoms with E-state index in [1.807, 2.05) is 55.6 Å². The average Bonchev–Trinajstić information content (AvgIpc) is 3.26. The lowest BCUT2D eigenvalue weighted by Gasteiger charge is -2.17. The van der Waals surface area contributed by atoms with Gasteiger partial charge in [0.15, 0.2) is 0 Å². The molecule has 130 valence electrons. The largest absolute Gasteiger partial charge is 0.378 e. The van der Waals surface area contributed by atoms with Crippen LogP contribution in [0.1, 0.15) is 32.7 Å². The number of hydrogen-bond acceptors (Lipinski definition) is 5. The van der Waals surface area contributed by atoms with Gasteiger partial charge in [-0.3, -0.25) is 4.79 Å². The van der Waals surface area contributed by atoms with Crippen molar-refractivity contribution in [3.05, 3.63) is 68.3 Å². The number of thiophene rings is 1. The van der Waals surface area contributed by atoms with E-state index in [9.17, 15) is 4.79 Å². The van der Waals surface area contributed by atoms with Gasteiger partial charge >= 0.3 is 0 Å². The Labute approximate surface area is 156 Å². The van der Waals surface area contributed by atoms with E-state index in [-0.39, 0.29) is 11.9 Å². The minimum atomic E-state index is -0.116. The maximum atomic E-state index is 12.7. The second kappa shape index (κ2) is 7.80. The molecule has 4 nitrogen and oxygen atoms in total. The highest BCUT2D eigenvalue weighted by molar-refractivity contribution is 7.09. The van der Waals surface area contributed by atoms with Crippen LogP contribution in [0.5, 0.6) is 0 Å². The van der Waals surface area contributed by atoms with Gasteiger partial charge in [-0.1, -0.05) is 0 Å². The number of aryl methyl sites for hydroxylation is 1. The van der Waals surface area contributed by atoms with Crippen molar-refractivity contribution in [2.24, 2.45) is 0 Å². The smallest absolute Gasteiger partial charge is 0.251 e. The highest BCUT2D eigenvalue weighted by atomic mass is 32.1. The second-order valence-electron chi connectivity index (χ2n) is 6.13. The number of nitrogens with one attached hydrogen (secondary N) is 1. The van der Waals surface area contributed by atoms with Crippen LogP contribution in [0, 0.1) is 6.92 Å². The fourth-order valence-corrected chi connectivity index (χ4v) is 4.06. The molecule has 0 saturated heterocycles. The van der Waals surface area contributed by atoms with E-state index in [1.54, 1.807) is 22.7 Å². The summed E-state index contributed by atoms with van der Waals surface area (Å²) < 4.78 is 0. The third-order valence-corrected chi connectivity index (χ3v) is 5.71. The zero-order chi connectivity index (χ0) is 17.8. The molecule has 1 amide bonds. The second-order valence-corrected chi connectivity index (χ2v) is 7.80. The number of amides is 1. The number of thiazole rings is 1. The fourth-order valence-electron chi connectivity index (χ4n) is 2.53. The van der Waals surface area contributed by atoms with Crippen LogP contribution in [0.3, 0.4) is 0 Å². The predicted molar refractivity (Wildman–Crippen MR) is 106 cm³/mol. The zero-order valence-corrected chi connectivity index (χ0v) is 16.2. The Kier molecular flexibility index (Phi) is 5.50. The summed E-state index contributed by atoms with van der Waals surface area (Å²) in [6.07, 6.45) is 0.748. The van der Waals surface area contributed by atoms with Crippen molar-refractivity contribution in [2.45, 2.75) is 19.4 Å². The van der Waals surface area contributed by atoms with Gasteiger partial charge in [-0.25, -0.2) is 4.98 Å². The van der Waals surface area contributed by atoms with Crippen molar-refractivity contribution in [3.63, 3.8) is 0 Å². The molecule has 0 fully saturated rings. The molecular formula is C19H21N3OS2. The summed E-state index contributed by atoms with van der Waals surface area (Å²) in [5.74, 6) is -0.0709. The van der Waals surface area contributed by atoms with Crippen LogP contribution in [0.15, 0.2) is 46.5 Å². The van der Waals surface area contributed by atoms with Gasteiger partial charge in [0, 0.05) is 42.8 Å². The first-order valence-corrected chi connectivity index (χ1v) is 9.86. The average molecular weight is 372 g/mol. The summed E-state index contributed by atoms with van der Waals surface area (Å²) in [5, 5.41) is 10.3. The number of rotatable bonds is 6. The molecule has 0 aliphatic carbocycles. The lowest BCUT2D eigenvalue weighted by atomic mass is 10.1. The number of aromatic nitrogens is 1. The number of nitrogens with zero attached hydrogens (tertiary/aromatic N) is 2. The third-order valence-electron chi connectivity index (χ3n) is 3.91. The molecule has 0 radical (unpaired) electrons. The van der Waals surface area contributed by atoms with Crippen LogP contribution < -0.4 is 10.2 Å². The van der Waals surface area contributed by atoms with Gasteiger partial charge in [0.05, 0.1) is 6.04 Å². The van der Waals surface area contributed by atoms with Gasteiger partial charge in [0.2, 0.25) is 0 Å². The molecule has 6 heteroatoms. The summed E-state index contributed by atoms with van der Waals surface area (Å²) in [7, 11) is 3.97. The van der Waals surface area contributed by atoms with E-state index in [1.165, 1.54) is 5.56 Å². The summed E-state index contributed by atoms with van der Waals surface area (Å²) >= 11 is 3.26. The van der Waals surface area contributed by atoms with Crippen LogP contribution in [0.4, 0.5) is 5.69 Å². The first-order chi connectivity index (χ1) is 12.0. The molecule has 0 spiro atoms.